The van der Waals surface area contributed by atoms with Crippen molar-refractivity contribution in [1.29, 1.82) is 0 Å². The molecule has 1 aromatic rings. The molecule has 112 valence electrons. The van der Waals surface area contributed by atoms with Crippen LogP contribution in [0.4, 0.5) is 0 Å². The molecule has 0 atom stereocenters. The van der Waals surface area contributed by atoms with Crippen LogP contribution in [0.1, 0.15) is 19.4 Å². The van der Waals surface area contributed by atoms with E-state index in [9.17, 15) is 4.79 Å². The standard InChI is InChI=1S/C15H16I2N2O2/c1-3-10(2)19-14(17)12(13(16)18)15(20)21-9-11-7-5-4-6-8-11/h3-8H,9,18H2,1-2H3/b10-3-,13-12+,19-14+. The van der Waals surface area contributed by atoms with Crippen LogP contribution in [-0.2, 0) is 16.1 Å². The fraction of sp³-hybridized carbons (Fsp3) is 0.200. The van der Waals surface area contributed by atoms with Crippen molar-refractivity contribution < 1.29 is 9.53 Å². The highest BCUT2D eigenvalue weighted by Gasteiger charge is 2.19. The third-order valence-electron chi connectivity index (χ3n) is 2.55. The van der Waals surface area contributed by atoms with Crippen LogP contribution in [0.5, 0.6) is 0 Å². The molecule has 0 aliphatic carbocycles. The van der Waals surface area contributed by atoms with E-state index in [0.717, 1.165) is 11.3 Å². The van der Waals surface area contributed by atoms with Gasteiger partial charge in [-0.15, -0.1) is 0 Å². The van der Waals surface area contributed by atoms with Gasteiger partial charge >= 0.3 is 5.97 Å². The molecule has 6 heteroatoms. The number of aliphatic imine (C=N–C) groups is 1. The van der Waals surface area contributed by atoms with Gasteiger partial charge in [0.05, 0.1) is 3.70 Å². The second-order valence-corrected chi connectivity index (χ2v) is 6.30. The first-order chi connectivity index (χ1) is 9.95. The summed E-state index contributed by atoms with van der Waals surface area (Å²) in [7, 11) is 0. The topological polar surface area (TPSA) is 64.7 Å². The van der Waals surface area contributed by atoms with Crippen LogP contribution in [-0.4, -0.2) is 9.69 Å². The number of nitrogens with two attached hydrogens (primary N) is 1. The molecule has 0 spiro atoms. The Morgan fingerprint density at radius 2 is 1.95 bits per heavy atom. The molecule has 1 rings (SSSR count). The largest absolute Gasteiger partial charge is 0.457 e. The Morgan fingerprint density at radius 3 is 2.48 bits per heavy atom. The molecule has 21 heavy (non-hydrogen) atoms. The number of hydrogen-bond donors (Lipinski definition) is 1. The number of carbonyl (C=O) groups is 1. The molecule has 0 fully saturated rings. The number of benzene rings is 1. The summed E-state index contributed by atoms with van der Waals surface area (Å²) in [5.74, 6) is -0.470. The number of nitrogens with zero attached hydrogens (tertiary/aromatic N) is 1. The number of ether oxygens (including phenoxy) is 1. The summed E-state index contributed by atoms with van der Waals surface area (Å²) in [6.45, 7) is 3.95. The van der Waals surface area contributed by atoms with Gasteiger partial charge in [0.2, 0.25) is 0 Å². The first kappa shape index (κ1) is 18.1. The van der Waals surface area contributed by atoms with Gasteiger partial charge in [0.15, 0.2) is 0 Å². The maximum absolute atomic E-state index is 12.2. The monoisotopic (exact) mass is 510 g/mol. The molecule has 0 amide bonds. The summed E-state index contributed by atoms with van der Waals surface area (Å²) >= 11 is 3.89. The Kier molecular flexibility index (Phi) is 7.94. The van der Waals surface area contributed by atoms with Gasteiger partial charge in [-0.05, 0) is 64.6 Å². The fourth-order valence-electron chi connectivity index (χ4n) is 1.35. The van der Waals surface area contributed by atoms with Gasteiger partial charge in [0, 0.05) is 5.70 Å². The number of rotatable bonds is 5. The maximum Gasteiger partial charge on any atom is 0.343 e. The van der Waals surface area contributed by atoms with Crippen LogP contribution in [0.2, 0.25) is 0 Å². The second-order valence-electron chi connectivity index (χ2n) is 4.12. The summed E-state index contributed by atoms with van der Waals surface area (Å²) < 4.78 is 6.19. The van der Waals surface area contributed by atoms with E-state index < -0.39 is 5.97 Å². The molecule has 0 heterocycles. The van der Waals surface area contributed by atoms with Crippen LogP contribution in [0.3, 0.4) is 0 Å². The molecule has 4 nitrogen and oxygen atoms in total. The molecular weight excluding hydrogens is 494 g/mol. The third kappa shape index (κ3) is 6.16. The van der Waals surface area contributed by atoms with Crippen LogP contribution < -0.4 is 5.73 Å². The van der Waals surface area contributed by atoms with E-state index >= 15 is 0 Å². The van der Waals surface area contributed by atoms with Crippen molar-refractivity contribution in [2.45, 2.75) is 20.5 Å². The van der Waals surface area contributed by atoms with Crippen LogP contribution in [0.15, 0.2) is 56.4 Å². The fourth-order valence-corrected chi connectivity index (χ4v) is 3.23. The lowest BCUT2D eigenvalue weighted by atomic mass is 10.2. The second kappa shape index (κ2) is 9.19. The van der Waals surface area contributed by atoms with E-state index in [0.29, 0.717) is 13.0 Å². The highest BCUT2D eigenvalue weighted by Crippen LogP contribution is 2.18. The minimum Gasteiger partial charge on any atom is -0.457 e. The van der Waals surface area contributed by atoms with Crippen LogP contribution >= 0.6 is 45.2 Å². The Labute approximate surface area is 151 Å². The van der Waals surface area contributed by atoms with E-state index in [4.69, 9.17) is 10.5 Å². The smallest absolute Gasteiger partial charge is 0.343 e. The lowest BCUT2D eigenvalue weighted by molar-refractivity contribution is -0.139. The van der Waals surface area contributed by atoms with E-state index in [-0.39, 0.29) is 6.61 Å². The quantitative estimate of drug-likeness (QED) is 0.214. The Balaban J connectivity index is 2.86. The predicted molar refractivity (Wildman–Crippen MR) is 102 cm³/mol. The summed E-state index contributed by atoms with van der Waals surface area (Å²) in [6, 6.07) is 9.50. The van der Waals surface area contributed by atoms with Gasteiger partial charge < -0.3 is 10.5 Å². The van der Waals surface area contributed by atoms with Gasteiger partial charge in [-0.2, -0.15) is 0 Å². The lowest BCUT2D eigenvalue weighted by Gasteiger charge is -2.08. The van der Waals surface area contributed by atoms with Crippen molar-refractivity contribution in [1.82, 2.24) is 0 Å². The molecule has 0 saturated heterocycles. The van der Waals surface area contributed by atoms with Crippen molar-refractivity contribution in [3.8, 4) is 0 Å². The average Bonchev–Trinajstić information content (AvgIpc) is 2.45. The predicted octanol–water partition coefficient (Wildman–Crippen LogP) is 4.09. The lowest BCUT2D eigenvalue weighted by Crippen LogP contribution is -2.16. The number of esters is 1. The Bertz CT molecular complexity index is 589. The van der Waals surface area contributed by atoms with Crippen molar-refractivity contribution in [3.63, 3.8) is 0 Å². The van der Waals surface area contributed by atoms with Crippen LogP contribution in [0, 0.1) is 0 Å². The van der Waals surface area contributed by atoms with Crippen LogP contribution in [0.25, 0.3) is 0 Å². The molecule has 0 radical (unpaired) electrons. The highest BCUT2D eigenvalue weighted by molar-refractivity contribution is 14.1. The van der Waals surface area contributed by atoms with E-state index in [2.05, 4.69) is 4.99 Å². The zero-order valence-electron chi connectivity index (χ0n) is 11.8. The van der Waals surface area contributed by atoms with Crippen molar-refractivity contribution in [2.75, 3.05) is 0 Å². The highest BCUT2D eigenvalue weighted by atomic mass is 127. The SMILES string of the molecule is C\C=C(C)/N=C(I)\C(C(=O)OCc1ccccc1)=C(/N)I. The van der Waals surface area contributed by atoms with E-state index in [1.54, 1.807) is 0 Å². The van der Waals surface area contributed by atoms with Gasteiger partial charge in [0.1, 0.15) is 15.9 Å². The summed E-state index contributed by atoms with van der Waals surface area (Å²) in [6.07, 6.45) is 1.86. The van der Waals surface area contributed by atoms with E-state index in [1.807, 2.05) is 95.4 Å². The molecule has 0 aliphatic rings. The van der Waals surface area contributed by atoms with Gasteiger partial charge in [0.25, 0.3) is 0 Å². The van der Waals surface area contributed by atoms with Crippen molar-refractivity contribution >= 4 is 54.9 Å². The molecular formula is C15H16I2N2O2. The molecule has 0 aliphatic heterocycles. The number of hydrogen-bond acceptors (Lipinski definition) is 4. The minimum absolute atomic E-state index is 0.208. The van der Waals surface area contributed by atoms with Gasteiger partial charge in [-0.25, -0.2) is 9.79 Å². The molecule has 1 aromatic carbocycles. The summed E-state index contributed by atoms with van der Waals surface area (Å²) in [5, 5.41) is 0. The minimum atomic E-state index is -0.470. The van der Waals surface area contributed by atoms with E-state index in [1.165, 1.54) is 0 Å². The summed E-state index contributed by atoms with van der Waals surface area (Å²) in [5.41, 5.74) is 7.82. The first-order valence-corrected chi connectivity index (χ1v) is 8.35. The zero-order valence-corrected chi connectivity index (χ0v) is 16.1. The van der Waals surface area contributed by atoms with Crippen molar-refractivity contribution in [2.24, 2.45) is 10.7 Å². The normalized spacial score (nSPS) is 13.7. The average molecular weight is 510 g/mol. The number of allylic oxidation sites excluding steroid dienone is 2. The summed E-state index contributed by atoms with van der Waals surface area (Å²) in [4.78, 5) is 16.5. The molecule has 2 N–H and O–H groups in total. The third-order valence-corrected chi connectivity index (χ3v) is 3.87. The van der Waals surface area contributed by atoms with Gasteiger partial charge in [-0.1, -0.05) is 36.4 Å². The molecule has 0 unspecified atom stereocenters. The number of halogens is 2. The zero-order chi connectivity index (χ0) is 15.8. The Morgan fingerprint density at radius 1 is 1.33 bits per heavy atom. The maximum atomic E-state index is 12.2. The first-order valence-electron chi connectivity index (χ1n) is 6.19. The molecule has 0 saturated carbocycles. The Hall–Kier alpha value is -0.900. The van der Waals surface area contributed by atoms with Gasteiger partial charge in [-0.3, -0.25) is 0 Å². The molecule has 0 bridgehead atoms. The number of carbonyl (C=O) groups excluding carboxylic acids is 1. The molecule has 0 aromatic heterocycles. The van der Waals surface area contributed by atoms with Crippen molar-refractivity contribution in [3.05, 3.63) is 56.9 Å².